The number of hydrogen-bond donors (Lipinski definition) is 1. The molecule has 0 heterocycles. The van der Waals surface area contributed by atoms with Gasteiger partial charge in [0.25, 0.3) is 0 Å². The summed E-state index contributed by atoms with van der Waals surface area (Å²) >= 11 is 18.5. The van der Waals surface area contributed by atoms with Crippen LogP contribution in [0.5, 0.6) is 0 Å². The topological polar surface area (TPSA) is 12.0 Å². The summed E-state index contributed by atoms with van der Waals surface area (Å²) in [5, 5.41) is 5.63. The van der Waals surface area contributed by atoms with E-state index in [1.807, 2.05) is 30.3 Å². The van der Waals surface area contributed by atoms with E-state index < -0.39 is 0 Å². The van der Waals surface area contributed by atoms with Gasteiger partial charge in [-0.05, 0) is 54.8 Å². The van der Waals surface area contributed by atoms with Crippen LogP contribution in [0.3, 0.4) is 0 Å². The Morgan fingerprint density at radius 3 is 2.29 bits per heavy atom. The number of nitrogens with one attached hydrogen (secondary N) is 1. The minimum absolute atomic E-state index is 0.140. The summed E-state index contributed by atoms with van der Waals surface area (Å²) in [6.07, 6.45) is 1.86. The van der Waals surface area contributed by atoms with Gasteiger partial charge in [-0.25, -0.2) is 0 Å². The maximum atomic E-state index is 6.27. The smallest absolute Gasteiger partial charge is 0.0438 e. The van der Waals surface area contributed by atoms with E-state index in [1.165, 1.54) is 0 Å². The van der Waals surface area contributed by atoms with Gasteiger partial charge < -0.3 is 5.32 Å². The molecule has 0 aliphatic carbocycles. The SMILES string of the molecule is CCCNC(Cc1ccccc1Cl)c1cc(Cl)cc(Cl)c1. The van der Waals surface area contributed by atoms with Crippen LogP contribution < -0.4 is 5.32 Å². The summed E-state index contributed by atoms with van der Waals surface area (Å²) < 4.78 is 0. The van der Waals surface area contributed by atoms with Gasteiger partial charge in [-0.1, -0.05) is 59.9 Å². The van der Waals surface area contributed by atoms with Gasteiger partial charge in [0.1, 0.15) is 0 Å². The highest BCUT2D eigenvalue weighted by Gasteiger charge is 2.14. The molecule has 2 rings (SSSR count). The highest BCUT2D eigenvalue weighted by molar-refractivity contribution is 6.34. The van der Waals surface area contributed by atoms with Gasteiger partial charge in [0, 0.05) is 21.1 Å². The quantitative estimate of drug-likeness (QED) is 0.686. The highest BCUT2D eigenvalue weighted by atomic mass is 35.5. The zero-order valence-corrected chi connectivity index (χ0v) is 14.1. The normalized spacial score (nSPS) is 12.4. The van der Waals surface area contributed by atoms with Gasteiger partial charge in [-0.15, -0.1) is 0 Å². The molecule has 2 aromatic carbocycles. The van der Waals surface area contributed by atoms with Crippen molar-refractivity contribution in [3.63, 3.8) is 0 Å². The molecule has 0 bridgehead atoms. The van der Waals surface area contributed by atoms with Crippen LogP contribution in [0.25, 0.3) is 0 Å². The molecule has 1 nitrogen and oxygen atoms in total. The lowest BCUT2D eigenvalue weighted by Crippen LogP contribution is -2.24. The fourth-order valence-electron chi connectivity index (χ4n) is 2.29. The third-order valence-corrected chi connectivity index (χ3v) is 4.12. The van der Waals surface area contributed by atoms with Gasteiger partial charge in [0.05, 0.1) is 0 Å². The molecule has 0 spiro atoms. The Morgan fingerprint density at radius 1 is 1.00 bits per heavy atom. The molecule has 4 heteroatoms. The van der Waals surface area contributed by atoms with E-state index in [-0.39, 0.29) is 6.04 Å². The van der Waals surface area contributed by atoms with E-state index in [0.717, 1.165) is 35.5 Å². The fourth-order valence-corrected chi connectivity index (χ4v) is 3.04. The Balaban J connectivity index is 2.27. The highest BCUT2D eigenvalue weighted by Crippen LogP contribution is 2.28. The minimum atomic E-state index is 0.140. The van der Waals surface area contributed by atoms with Crippen LogP contribution in [0.2, 0.25) is 15.1 Å². The lowest BCUT2D eigenvalue weighted by Gasteiger charge is -2.20. The van der Waals surface area contributed by atoms with Crippen LogP contribution in [0.15, 0.2) is 42.5 Å². The predicted molar refractivity (Wildman–Crippen MR) is 92.7 cm³/mol. The molecule has 0 radical (unpaired) electrons. The van der Waals surface area contributed by atoms with Crippen molar-refractivity contribution in [1.29, 1.82) is 0 Å². The second kappa shape index (κ2) is 8.05. The summed E-state index contributed by atoms with van der Waals surface area (Å²) in [6, 6.07) is 13.7. The second-order valence-corrected chi connectivity index (χ2v) is 6.29. The molecule has 112 valence electrons. The van der Waals surface area contributed by atoms with Crippen molar-refractivity contribution in [3.05, 3.63) is 68.7 Å². The van der Waals surface area contributed by atoms with Gasteiger partial charge >= 0.3 is 0 Å². The van der Waals surface area contributed by atoms with Crippen LogP contribution in [-0.4, -0.2) is 6.54 Å². The summed E-state index contributed by atoms with van der Waals surface area (Å²) in [4.78, 5) is 0. The van der Waals surface area contributed by atoms with Gasteiger partial charge in [-0.2, -0.15) is 0 Å². The maximum Gasteiger partial charge on any atom is 0.0438 e. The van der Waals surface area contributed by atoms with Crippen molar-refractivity contribution in [2.75, 3.05) is 6.54 Å². The van der Waals surface area contributed by atoms with E-state index in [0.29, 0.717) is 10.0 Å². The number of rotatable bonds is 6. The molecule has 0 saturated heterocycles. The second-order valence-electron chi connectivity index (χ2n) is 5.01. The molecule has 1 atom stereocenters. The first-order chi connectivity index (χ1) is 10.1. The Kier molecular flexibility index (Phi) is 6.38. The molecule has 0 aliphatic rings. The van der Waals surface area contributed by atoms with Gasteiger partial charge in [0.15, 0.2) is 0 Å². The minimum Gasteiger partial charge on any atom is -0.310 e. The molecular formula is C17H18Cl3N. The van der Waals surface area contributed by atoms with Crippen LogP contribution in [0, 0.1) is 0 Å². The van der Waals surface area contributed by atoms with Gasteiger partial charge in [0.2, 0.25) is 0 Å². The molecule has 0 saturated carbocycles. The van der Waals surface area contributed by atoms with E-state index in [1.54, 1.807) is 6.07 Å². The molecule has 0 amide bonds. The van der Waals surface area contributed by atoms with E-state index >= 15 is 0 Å². The fraction of sp³-hybridized carbons (Fsp3) is 0.294. The monoisotopic (exact) mass is 341 g/mol. The average Bonchev–Trinajstić information content (AvgIpc) is 2.44. The van der Waals surface area contributed by atoms with Crippen LogP contribution in [0.1, 0.15) is 30.5 Å². The van der Waals surface area contributed by atoms with Crippen LogP contribution in [-0.2, 0) is 6.42 Å². The lowest BCUT2D eigenvalue weighted by atomic mass is 9.98. The first-order valence-corrected chi connectivity index (χ1v) is 8.16. The Labute approximate surface area is 141 Å². The third kappa shape index (κ3) is 4.89. The van der Waals surface area contributed by atoms with Crippen molar-refractivity contribution in [1.82, 2.24) is 5.32 Å². The Morgan fingerprint density at radius 2 is 1.67 bits per heavy atom. The van der Waals surface area contributed by atoms with Crippen molar-refractivity contribution >= 4 is 34.8 Å². The van der Waals surface area contributed by atoms with Crippen molar-refractivity contribution < 1.29 is 0 Å². The predicted octanol–water partition coefficient (Wildman–Crippen LogP) is 5.93. The average molecular weight is 343 g/mol. The molecule has 0 aromatic heterocycles. The largest absolute Gasteiger partial charge is 0.310 e. The summed E-state index contributed by atoms with van der Waals surface area (Å²) in [6.45, 7) is 3.07. The van der Waals surface area contributed by atoms with E-state index in [9.17, 15) is 0 Å². The zero-order valence-electron chi connectivity index (χ0n) is 11.9. The van der Waals surface area contributed by atoms with Gasteiger partial charge in [-0.3, -0.25) is 0 Å². The molecular weight excluding hydrogens is 325 g/mol. The zero-order chi connectivity index (χ0) is 15.2. The van der Waals surface area contributed by atoms with Crippen molar-refractivity contribution in [2.45, 2.75) is 25.8 Å². The molecule has 0 aliphatic heterocycles. The number of halogens is 3. The summed E-state index contributed by atoms with van der Waals surface area (Å²) in [7, 11) is 0. The standard InChI is InChI=1S/C17H18Cl3N/c1-2-7-21-17(10-12-5-3-4-6-16(12)20)13-8-14(18)11-15(19)9-13/h3-6,8-9,11,17,21H,2,7,10H2,1H3. The summed E-state index contributed by atoms with van der Waals surface area (Å²) in [5.74, 6) is 0. The van der Waals surface area contributed by atoms with Crippen LogP contribution >= 0.6 is 34.8 Å². The Bertz CT molecular complexity index is 578. The first-order valence-electron chi connectivity index (χ1n) is 7.03. The van der Waals surface area contributed by atoms with Crippen LogP contribution in [0.4, 0.5) is 0 Å². The first kappa shape index (κ1) is 16.6. The molecule has 0 fully saturated rings. The molecule has 21 heavy (non-hydrogen) atoms. The van der Waals surface area contributed by atoms with E-state index in [2.05, 4.69) is 18.3 Å². The summed E-state index contributed by atoms with van der Waals surface area (Å²) in [5.41, 5.74) is 2.20. The third-order valence-electron chi connectivity index (χ3n) is 3.31. The number of benzene rings is 2. The Hall–Kier alpha value is -0.730. The van der Waals surface area contributed by atoms with Crippen molar-refractivity contribution in [2.24, 2.45) is 0 Å². The lowest BCUT2D eigenvalue weighted by molar-refractivity contribution is 0.529. The molecule has 1 unspecified atom stereocenters. The molecule has 2 aromatic rings. The van der Waals surface area contributed by atoms with Crippen molar-refractivity contribution in [3.8, 4) is 0 Å². The molecule has 1 N–H and O–H groups in total. The maximum absolute atomic E-state index is 6.27. The van der Waals surface area contributed by atoms with E-state index in [4.69, 9.17) is 34.8 Å². The number of hydrogen-bond acceptors (Lipinski definition) is 1.